The van der Waals surface area contributed by atoms with E-state index in [0.29, 0.717) is 21.7 Å². The molecule has 0 spiro atoms. The van der Waals surface area contributed by atoms with E-state index in [0.717, 1.165) is 11.1 Å². The fourth-order valence-electron chi connectivity index (χ4n) is 3.31. The summed E-state index contributed by atoms with van der Waals surface area (Å²) in [6, 6.07) is 19.3. The van der Waals surface area contributed by atoms with E-state index in [2.05, 4.69) is 9.71 Å². The fourth-order valence-corrected chi connectivity index (χ4v) is 5.71. The van der Waals surface area contributed by atoms with Crippen LogP contribution in [0.3, 0.4) is 0 Å². The van der Waals surface area contributed by atoms with Crippen LogP contribution in [0, 0.1) is 0 Å². The zero-order valence-electron chi connectivity index (χ0n) is 16.7. The Morgan fingerprint density at radius 3 is 2.25 bits per heavy atom. The van der Waals surface area contributed by atoms with E-state index in [-0.39, 0.29) is 11.1 Å². The maximum atomic E-state index is 13.3. The van der Waals surface area contributed by atoms with E-state index in [9.17, 15) is 21.6 Å². The van der Waals surface area contributed by atoms with Crippen LogP contribution in [0.5, 0.6) is 0 Å². The second kappa shape index (κ2) is 8.30. The molecule has 0 saturated carbocycles. The molecule has 0 aliphatic heterocycles. The third-order valence-corrected chi connectivity index (χ3v) is 7.22. The minimum atomic E-state index is -3.98. The van der Waals surface area contributed by atoms with Gasteiger partial charge in [-0.05, 0) is 35.2 Å². The van der Waals surface area contributed by atoms with E-state index < -0.39 is 31.6 Å². The number of primary sulfonamides is 1. The minimum absolute atomic E-state index is 0.149. The highest BCUT2D eigenvalue weighted by Crippen LogP contribution is 2.23. The van der Waals surface area contributed by atoms with Gasteiger partial charge >= 0.3 is 0 Å². The first-order chi connectivity index (χ1) is 15.1. The number of sulfonamides is 2. The molecule has 164 valence electrons. The molecule has 32 heavy (non-hydrogen) atoms. The molecular weight excluding hydrogens is 450 g/mol. The number of pyridine rings is 1. The topological polar surface area (TPSA) is 136 Å². The Morgan fingerprint density at radius 1 is 0.812 bits per heavy atom. The highest BCUT2D eigenvalue weighted by Gasteiger charge is 2.15. The Labute approximate surface area is 184 Å². The van der Waals surface area contributed by atoms with E-state index in [1.54, 1.807) is 30.5 Å². The lowest BCUT2D eigenvalue weighted by atomic mass is 10.1. The van der Waals surface area contributed by atoms with E-state index in [1.807, 2.05) is 30.3 Å². The monoisotopic (exact) mass is 469 g/mol. The van der Waals surface area contributed by atoms with Crippen LogP contribution < -0.4 is 15.3 Å². The lowest BCUT2D eigenvalue weighted by molar-refractivity contribution is 0.591. The molecule has 0 atom stereocenters. The Hall–Kier alpha value is -3.34. The molecule has 10 heteroatoms. The largest absolute Gasteiger partial charge is 0.289 e. The first-order valence-electron chi connectivity index (χ1n) is 9.55. The van der Waals surface area contributed by atoms with Gasteiger partial charge in [-0.1, -0.05) is 42.5 Å². The van der Waals surface area contributed by atoms with Crippen LogP contribution in [0.1, 0.15) is 0 Å². The summed E-state index contributed by atoms with van der Waals surface area (Å²) in [4.78, 5) is 17.8. The normalized spacial score (nSPS) is 12.2. The number of nitrogens with one attached hydrogen (secondary N) is 1. The van der Waals surface area contributed by atoms with Crippen molar-refractivity contribution < 1.29 is 16.8 Å². The number of rotatable bonds is 6. The van der Waals surface area contributed by atoms with Crippen molar-refractivity contribution in [3.05, 3.63) is 83.2 Å². The molecular formula is C22H19N3O5S2. The highest BCUT2D eigenvalue weighted by atomic mass is 32.2. The standard InChI is InChI=1S/C22H19N3O5S2/c23-31(27,28)10-11-32(29,30)25-18-8-6-16-7-9-21-20(22(26)19(16)13-18)12-17(14-24-21)15-4-2-1-3-5-15/h1-9,12-14,25H,10-11H2,(H2,23,27,28). The highest BCUT2D eigenvalue weighted by molar-refractivity contribution is 7.95. The Bertz CT molecular complexity index is 1600. The molecule has 4 aromatic rings. The molecule has 0 saturated heterocycles. The summed E-state index contributed by atoms with van der Waals surface area (Å²) < 4.78 is 48.9. The molecule has 1 heterocycles. The number of nitrogens with zero attached hydrogens (tertiary/aromatic N) is 1. The molecule has 0 amide bonds. The summed E-state index contributed by atoms with van der Waals surface area (Å²) >= 11 is 0. The number of hydrogen-bond donors (Lipinski definition) is 2. The third-order valence-electron chi connectivity index (χ3n) is 4.90. The molecule has 0 unspecified atom stereocenters. The molecule has 4 rings (SSSR count). The van der Waals surface area contributed by atoms with Gasteiger partial charge in [-0.15, -0.1) is 0 Å². The average molecular weight is 470 g/mol. The zero-order valence-corrected chi connectivity index (χ0v) is 18.4. The average Bonchev–Trinajstić information content (AvgIpc) is 2.89. The number of fused-ring (bicyclic) bond motifs is 2. The fraction of sp³-hybridized carbons (Fsp3) is 0.0909. The summed E-state index contributed by atoms with van der Waals surface area (Å²) in [5, 5.41) is 6.20. The Morgan fingerprint density at radius 2 is 1.53 bits per heavy atom. The summed E-state index contributed by atoms with van der Waals surface area (Å²) in [6.07, 6.45) is 1.70. The van der Waals surface area contributed by atoms with Crippen molar-refractivity contribution in [1.82, 2.24) is 4.98 Å². The maximum absolute atomic E-state index is 13.3. The number of aromatic nitrogens is 1. The van der Waals surface area contributed by atoms with Crippen molar-refractivity contribution in [1.29, 1.82) is 0 Å². The molecule has 8 nitrogen and oxygen atoms in total. The van der Waals surface area contributed by atoms with Crippen molar-refractivity contribution in [3.8, 4) is 11.1 Å². The van der Waals surface area contributed by atoms with Crippen molar-refractivity contribution in [2.24, 2.45) is 5.14 Å². The van der Waals surface area contributed by atoms with Crippen molar-refractivity contribution in [3.63, 3.8) is 0 Å². The van der Waals surface area contributed by atoms with Crippen LogP contribution in [0.2, 0.25) is 0 Å². The first-order valence-corrected chi connectivity index (χ1v) is 12.9. The second-order valence-corrected chi connectivity index (χ2v) is 10.9. The predicted molar refractivity (Wildman–Crippen MR) is 126 cm³/mol. The summed E-state index contributed by atoms with van der Waals surface area (Å²) in [6.45, 7) is 0. The molecule has 0 fully saturated rings. The molecule has 0 aliphatic rings. The zero-order chi connectivity index (χ0) is 22.9. The van der Waals surface area contributed by atoms with Gasteiger partial charge in [0.15, 0.2) is 5.43 Å². The minimum Gasteiger partial charge on any atom is -0.289 e. The summed E-state index contributed by atoms with van der Waals surface area (Å²) in [5.41, 5.74) is 2.07. The van der Waals surface area contributed by atoms with Gasteiger partial charge in [0.2, 0.25) is 20.0 Å². The number of nitrogens with two attached hydrogens (primary N) is 1. The lowest BCUT2D eigenvalue weighted by Gasteiger charge is -2.08. The van der Waals surface area contributed by atoms with Gasteiger partial charge in [-0.25, -0.2) is 22.0 Å². The molecule has 1 aromatic heterocycles. The van der Waals surface area contributed by atoms with Crippen LogP contribution in [0.15, 0.2) is 77.7 Å². The van der Waals surface area contributed by atoms with Gasteiger partial charge < -0.3 is 0 Å². The predicted octanol–water partition coefficient (Wildman–Crippen LogP) is 2.45. The van der Waals surface area contributed by atoms with Crippen molar-refractivity contribution in [2.45, 2.75) is 0 Å². The van der Waals surface area contributed by atoms with E-state index >= 15 is 0 Å². The second-order valence-electron chi connectivity index (χ2n) is 7.28. The van der Waals surface area contributed by atoms with E-state index in [4.69, 9.17) is 5.14 Å². The Balaban J connectivity index is 1.80. The quantitative estimate of drug-likeness (QED) is 0.445. The van der Waals surface area contributed by atoms with E-state index in [1.165, 1.54) is 12.1 Å². The van der Waals surface area contributed by atoms with Gasteiger partial charge in [-0.3, -0.25) is 14.5 Å². The van der Waals surface area contributed by atoms with Crippen LogP contribution in [-0.2, 0) is 20.0 Å². The maximum Gasteiger partial charge on any atom is 0.233 e. The number of hydrogen-bond acceptors (Lipinski definition) is 6. The smallest absolute Gasteiger partial charge is 0.233 e. The van der Waals surface area contributed by atoms with Gasteiger partial charge in [0, 0.05) is 28.2 Å². The Kier molecular flexibility index (Phi) is 5.68. The number of benzene rings is 2. The van der Waals surface area contributed by atoms with Crippen molar-refractivity contribution in [2.75, 3.05) is 16.2 Å². The molecule has 3 aromatic carbocycles. The van der Waals surface area contributed by atoms with Crippen LogP contribution in [0.25, 0.3) is 32.8 Å². The first kappa shape index (κ1) is 21.9. The molecule has 3 N–H and O–H groups in total. The third kappa shape index (κ3) is 4.93. The van der Waals surface area contributed by atoms with Crippen molar-refractivity contribution >= 4 is 47.4 Å². The van der Waals surface area contributed by atoms with Gasteiger partial charge in [0.05, 0.1) is 17.0 Å². The number of anilines is 1. The van der Waals surface area contributed by atoms with Gasteiger partial charge in [0.25, 0.3) is 0 Å². The summed E-state index contributed by atoms with van der Waals surface area (Å²) in [5.74, 6) is -1.40. The van der Waals surface area contributed by atoms with Crippen LogP contribution in [-0.4, -0.2) is 33.3 Å². The molecule has 0 aliphatic carbocycles. The van der Waals surface area contributed by atoms with Crippen LogP contribution in [0.4, 0.5) is 5.69 Å². The molecule has 0 bridgehead atoms. The molecule has 0 radical (unpaired) electrons. The lowest BCUT2D eigenvalue weighted by Crippen LogP contribution is -2.26. The SMILES string of the molecule is NS(=O)(=O)CCS(=O)(=O)Nc1ccc2ccc3ncc(-c4ccccc4)cc3c(=O)c2c1. The summed E-state index contributed by atoms with van der Waals surface area (Å²) in [7, 11) is -7.90. The van der Waals surface area contributed by atoms with Gasteiger partial charge in [0.1, 0.15) is 0 Å². The van der Waals surface area contributed by atoms with Gasteiger partial charge in [-0.2, -0.15) is 0 Å². The van der Waals surface area contributed by atoms with Crippen LogP contribution >= 0.6 is 0 Å².